The Balaban J connectivity index is 0.00000243. The van der Waals surface area contributed by atoms with Gasteiger partial charge in [0.25, 0.3) is 0 Å². The predicted molar refractivity (Wildman–Crippen MR) is 120 cm³/mol. The van der Waals surface area contributed by atoms with Crippen molar-refractivity contribution in [1.82, 2.24) is 10.6 Å². The summed E-state index contributed by atoms with van der Waals surface area (Å²) < 4.78 is 17.9. The third-order valence-electron chi connectivity index (χ3n) is 4.75. The van der Waals surface area contributed by atoms with Crippen molar-refractivity contribution in [1.29, 1.82) is 0 Å². The number of nitrogens with zero attached hydrogens (tertiary/aromatic N) is 1. The van der Waals surface area contributed by atoms with Crippen molar-refractivity contribution in [3.8, 4) is 0 Å². The number of furan rings is 1. The van der Waals surface area contributed by atoms with E-state index in [0.717, 1.165) is 54.1 Å². The summed E-state index contributed by atoms with van der Waals surface area (Å²) in [6.45, 7) is 2.59. The van der Waals surface area contributed by atoms with Gasteiger partial charge in [-0.3, -0.25) is 9.20 Å². The highest BCUT2D eigenvalue weighted by Crippen LogP contribution is 2.23. The molecule has 0 radical (unpaired) electrons. The molecular weight excluding hydrogens is 461 g/mol. The summed E-state index contributed by atoms with van der Waals surface area (Å²) in [5.41, 5.74) is 0.902. The molecule has 1 aromatic carbocycles. The van der Waals surface area contributed by atoms with Gasteiger partial charge in [-0.15, -0.1) is 24.0 Å². The number of para-hydroxylation sites is 1. The van der Waals surface area contributed by atoms with Gasteiger partial charge in [0.1, 0.15) is 11.3 Å². The lowest BCUT2D eigenvalue weighted by Crippen LogP contribution is -2.46. The molecule has 0 spiro atoms. The molecule has 0 bridgehead atoms. The zero-order valence-corrected chi connectivity index (χ0v) is 18.5. The van der Waals surface area contributed by atoms with Crippen LogP contribution in [0, 0.1) is 0 Å². The van der Waals surface area contributed by atoms with Crippen molar-refractivity contribution in [2.75, 3.05) is 12.8 Å². The van der Waals surface area contributed by atoms with E-state index in [9.17, 15) is 4.21 Å². The summed E-state index contributed by atoms with van der Waals surface area (Å²) in [5, 5.41) is 8.22. The van der Waals surface area contributed by atoms with Crippen LogP contribution in [0.3, 0.4) is 0 Å². The first-order valence-corrected chi connectivity index (χ1v) is 10.4. The average Bonchev–Trinajstić information content (AvgIpc) is 3.07. The fraction of sp³-hybridized carbons (Fsp3) is 0.526. The van der Waals surface area contributed by atoms with Crippen molar-refractivity contribution in [2.24, 2.45) is 4.99 Å². The molecular formula is C19H28IN3O2S. The minimum atomic E-state index is -0.709. The molecule has 3 rings (SSSR count). The lowest BCUT2D eigenvalue weighted by molar-refractivity contribution is 0.412. The van der Waals surface area contributed by atoms with E-state index in [1.54, 1.807) is 7.05 Å². The minimum Gasteiger partial charge on any atom is -0.459 e. The van der Waals surface area contributed by atoms with Gasteiger partial charge in [0.2, 0.25) is 0 Å². The van der Waals surface area contributed by atoms with E-state index in [1.165, 1.54) is 0 Å². The Morgan fingerprint density at radius 2 is 2.15 bits per heavy atom. The van der Waals surface area contributed by atoms with Crippen LogP contribution in [0.2, 0.25) is 0 Å². The van der Waals surface area contributed by atoms with E-state index in [2.05, 4.69) is 21.7 Å². The number of fused-ring (bicyclic) bond motifs is 1. The first-order valence-electron chi connectivity index (χ1n) is 9.01. The maximum atomic E-state index is 12.1. The van der Waals surface area contributed by atoms with E-state index in [-0.39, 0.29) is 24.0 Å². The quantitative estimate of drug-likeness (QED) is 0.381. The molecule has 0 aliphatic heterocycles. The molecule has 26 heavy (non-hydrogen) atoms. The molecule has 1 saturated carbocycles. The molecule has 1 heterocycles. The number of nitrogens with one attached hydrogen (secondary N) is 2. The fourth-order valence-electron chi connectivity index (χ4n) is 3.43. The summed E-state index contributed by atoms with van der Waals surface area (Å²) in [6.07, 6.45) is 4.24. The van der Waals surface area contributed by atoms with Crippen molar-refractivity contribution in [2.45, 2.75) is 50.4 Å². The summed E-state index contributed by atoms with van der Waals surface area (Å²) in [6, 6.07) is 10.4. The highest BCUT2D eigenvalue weighted by atomic mass is 127. The van der Waals surface area contributed by atoms with Gasteiger partial charge in [-0.1, -0.05) is 31.5 Å². The van der Waals surface area contributed by atoms with Crippen LogP contribution in [0.15, 0.2) is 39.7 Å². The Morgan fingerprint density at radius 1 is 1.35 bits per heavy atom. The van der Waals surface area contributed by atoms with Crippen LogP contribution in [-0.2, 0) is 17.3 Å². The average molecular weight is 489 g/mol. The molecule has 1 aliphatic rings. The van der Waals surface area contributed by atoms with E-state index in [1.807, 2.05) is 31.2 Å². The Kier molecular flexibility index (Phi) is 8.40. The molecule has 1 aromatic heterocycles. The Bertz CT molecular complexity index is 729. The van der Waals surface area contributed by atoms with Gasteiger partial charge >= 0.3 is 0 Å². The van der Waals surface area contributed by atoms with Gasteiger partial charge in [0.05, 0.1) is 6.54 Å². The van der Waals surface area contributed by atoms with Crippen LogP contribution in [0.1, 0.15) is 38.4 Å². The summed E-state index contributed by atoms with van der Waals surface area (Å²) in [5.74, 6) is 2.40. The van der Waals surface area contributed by atoms with Crippen molar-refractivity contribution < 1.29 is 8.63 Å². The van der Waals surface area contributed by atoms with Crippen molar-refractivity contribution in [3.63, 3.8) is 0 Å². The molecule has 0 saturated heterocycles. The molecule has 1 aliphatic carbocycles. The fourth-order valence-corrected chi connectivity index (χ4v) is 4.78. The van der Waals surface area contributed by atoms with E-state index in [0.29, 0.717) is 17.8 Å². The van der Waals surface area contributed by atoms with Crippen molar-refractivity contribution in [3.05, 3.63) is 36.1 Å². The van der Waals surface area contributed by atoms with Crippen LogP contribution in [0.4, 0.5) is 0 Å². The van der Waals surface area contributed by atoms with E-state index in [4.69, 9.17) is 4.42 Å². The van der Waals surface area contributed by atoms with Crippen LogP contribution < -0.4 is 10.6 Å². The molecule has 3 atom stereocenters. The summed E-state index contributed by atoms with van der Waals surface area (Å²) in [7, 11) is 1.07. The SMILES string of the molecule is CCS(=O)C1CCCC(NC(=NC)NCc2cc3ccccc3o2)C1.I. The molecule has 5 nitrogen and oxygen atoms in total. The molecule has 2 aromatic rings. The Morgan fingerprint density at radius 3 is 2.88 bits per heavy atom. The molecule has 2 N–H and O–H groups in total. The van der Waals surface area contributed by atoms with E-state index < -0.39 is 10.8 Å². The molecule has 3 unspecified atom stereocenters. The van der Waals surface area contributed by atoms with Gasteiger partial charge in [-0.05, 0) is 31.4 Å². The monoisotopic (exact) mass is 489 g/mol. The number of hydrogen-bond acceptors (Lipinski definition) is 3. The second kappa shape index (κ2) is 10.3. The lowest BCUT2D eigenvalue weighted by Gasteiger charge is -2.30. The number of hydrogen-bond donors (Lipinski definition) is 2. The summed E-state index contributed by atoms with van der Waals surface area (Å²) in [4.78, 5) is 4.32. The van der Waals surface area contributed by atoms with Crippen molar-refractivity contribution >= 4 is 51.7 Å². The second-order valence-electron chi connectivity index (χ2n) is 6.48. The third-order valence-corrected chi connectivity index (χ3v) is 6.49. The normalized spacial score (nSPS) is 21.8. The Hall–Kier alpha value is -1.09. The summed E-state index contributed by atoms with van der Waals surface area (Å²) >= 11 is 0. The van der Waals surface area contributed by atoms with Gasteiger partial charge < -0.3 is 15.1 Å². The number of guanidine groups is 1. The third kappa shape index (κ3) is 5.45. The van der Waals surface area contributed by atoms with Gasteiger partial charge in [-0.2, -0.15) is 0 Å². The predicted octanol–water partition coefficient (Wildman–Crippen LogP) is 3.80. The van der Waals surface area contributed by atoms with Gasteiger partial charge in [0, 0.05) is 40.3 Å². The minimum absolute atomic E-state index is 0. The van der Waals surface area contributed by atoms with Crippen LogP contribution in [-0.4, -0.2) is 34.3 Å². The first-order chi connectivity index (χ1) is 12.2. The van der Waals surface area contributed by atoms with Gasteiger partial charge in [-0.25, -0.2) is 0 Å². The highest BCUT2D eigenvalue weighted by molar-refractivity contribution is 14.0. The van der Waals surface area contributed by atoms with E-state index >= 15 is 0 Å². The first kappa shape index (κ1) is 21.2. The molecule has 144 valence electrons. The topological polar surface area (TPSA) is 66.6 Å². The number of benzene rings is 1. The lowest BCUT2D eigenvalue weighted by atomic mass is 9.95. The highest BCUT2D eigenvalue weighted by Gasteiger charge is 2.26. The largest absolute Gasteiger partial charge is 0.459 e. The molecule has 7 heteroatoms. The zero-order valence-electron chi connectivity index (χ0n) is 15.4. The second-order valence-corrected chi connectivity index (χ2v) is 8.48. The zero-order chi connectivity index (χ0) is 17.6. The number of halogens is 1. The number of aliphatic imine (C=N–C) groups is 1. The Labute approximate surface area is 174 Å². The molecule has 1 fully saturated rings. The van der Waals surface area contributed by atoms with Crippen LogP contribution in [0.25, 0.3) is 11.0 Å². The van der Waals surface area contributed by atoms with Crippen LogP contribution in [0.5, 0.6) is 0 Å². The van der Waals surface area contributed by atoms with Crippen LogP contribution >= 0.6 is 24.0 Å². The standard InChI is InChI=1S/C19H27N3O2S.HI/c1-3-25(23)17-9-6-8-15(12-17)22-19(20-2)21-13-16-11-14-7-4-5-10-18(14)24-16;/h4-5,7,10-11,15,17H,3,6,8-9,12-13H2,1-2H3,(H2,20,21,22);1H. The maximum Gasteiger partial charge on any atom is 0.191 e. The van der Waals surface area contributed by atoms with Gasteiger partial charge in [0.15, 0.2) is 5.96 Å². The smallest absolute Gasteiger partial charge is 0.191 e. The maximum absolute atomic E-state index is 12.1. The number of rotatable bonds is 5. The molecule has 0 amide bonds.